The average Bonchev–Trinajstić information content (AvgIpc) is 2.34. The highest BCUT2D eigenvalue weighted by atomic mass is 32.1. The van der Waals surface area contributed by atoms with Crippen LogP contribution in [0.4, 0.5) is 0 Å². The van der Waals surface area contributed by atoms with Crippen molar-refractivity contribution in [2.45, 2.75) is 13.8 Å². The Morgan fingerprint density at radius 2 is 1.91 bits per heavy atom. The Labute approximate surface area is 67.6 Å². The van der Waals surface area contributed by atoms with E-state index in [2.05, 4.69) is 18.7 Å². The zero-order valence-electron chi connectivity index (χ0n) is 6.20. The van der Waals surface area contributed by atoms with Gasteiger partial charge < -0.3 is 0 Å². The van der Waals surface area contributed by atoms with Gasteiger partial charge in [0.1, 0.15) is 11.3 Å². The van der Waals surface area contributed by atoms with E-state index in [9.17, 15) is 0 Å². The van der Waals surface area contributed by atoms with Gasteiger partial charge in [0.25, 0.3) is 0 Å². The summed E-state index contributed by atoms with van der Waals surface area (Å²) in [6, 6.07) is 0. The van der Waals surface area contributed by atoms with Gasteiger partial charge in [-0.3, -0.25) is 0 Å². The van der Waals surface area contributed by atoms with Crippen molar-refractivity contribution in [3.8, 4) is 0 Å². The van der Waals surface area contributed by atoms with E-state index in [0.29, 0.717) is 5.65 Å². The molecule has 0 aliphatic carbocycles. The second-order valence-corrected chi connectivity index (χ2v) is 2.82. The molecule has 0 N–H and O–H groups in total. The fourth-order valence-corrected chi connectivity index (χ4v) is 1.50. The minimum Gasteiger partial charge on any atom is -0.236 e. The summed E-state index contributed by atoms with van der Waals surface area (Å²) < 4.78 is 8.08. The first kappa shape index (κ1) is 6.60. The lowest BCUT2D eigenvalue weighted by atomic mass is 10.4. The van der Waals surface area contributed by atoms with E-state index in [1.807, 2.05) is 13.8 Å². The highest BCUT2D eigenvalue weighted by Crippen LogP contribution is 2.11. The summed E-state index contributed by atoms with van der Waals surface area (Å²) in [6.45, 7) is 3.77. The van der Waals surface area contributed by atoms with Crippen molar-refractivity contribution in [2.24, 2.45) is 0 Å². The summed E-state index contributed by atoms with van der Waals surface area (Å²) in [5.74, 6) is 0.753. The van der Waals surface area contributed by atoms with Crippen LogP contribution in [0.25, 0.3) is 11.2 Å². The topological polar surface area (TPSA) is 51.6 Å². The fraction of sp³-hybridized carbons (Fsp3) is 0.333. The monoisotopic (exact) mass is 166 g/mol. The van der Waals surface area contributed by atoms with E-state index in [0.717, 1.165) is 17.0 Å². The van der Waals surface area contributed by atoms with Crippen molar-refractivity contribution in [1.82, 2.24) is 18.7 Å². The molecule has 2 aromatic heterocycles. The van der Waals surface area contributed by atoms with Crippen LogP contribution in [0.2, 0.25) is 0 Å². The fourth-order valence-electron chi connectivity index (χ4n) is 0.959. The Hall–Kier alpha value is -1.10. The molecule has 4 nitrogen and oxygen atoms in total. The zero-order chi connectivity index (χ0) is 7.84. The van der Waals surface area contributed by atoms with Gasteiger partial charge in [-0.2, -0.15) is 8.75 Å². The van der Waals surface area contributed by atoms with Crippen LogP contribution in [0.3, 0.4) is 0 Å². The SMILES string of the molecule is Cc1nc(C)c2nsnc2n1. The van der Waals surface area contributed by atoms with Gasteiger partial charge in [0.05, 0.1) is 17.4 Å². The Morgan fingerprint density at radius 3 is 2.73 bits per heavy atom. The van der Waals surface area contributed by atoms with Gasteiger partial charge in [0.15, 0.2) is 5.65 Å². The minimum absolute atomic E-state index is 0.708. The molecule has 0 unspecified atom stereocenters. The standard InChI is InChI=1S/C6H6N4S/c1-3-5-6(10-11-9-5)8-4(2)7-3/h1-2H3. The molecule has 0 saturated heterocycles. The molecule has 0 aliphatic rings. The molecule has 0 aromatic carbocycles. The van der Waals surface area contributed by atoms with Crippen LogP contribution < -0.4 is 0 Å². The first-order valence-corrected chi connectivity index (χ1v) is 3.94. The van der Waals surface area contributed by atoms with Gasteiger partial charge in [-0.25, -0.2) is 9.97 Å². The van der Waals surface area contributed by atoms with E-state index >= 15 is 0 Å². The smallest absolute Gasteiger partial charge is 0.196 e. The van der Waals surface area contributed by atoms with Gasteiger partial charge >= 0.3 is 0 Å². The van der Waals surface area contributed by atoms with Crippen LogP contribution in [0.1, 0.15) is 11.5 Å². The second-order valence-electron chi connectivity index (χ2n) is 2.29. The molecule has 2 aromatic rings. The summed E-state index contributed by atoms with van der Waals surface area (Å²) in [6.07, 6.45) is 0. The van der Waals surface area contributed by atoms with Crippen molar-refractivity contribution in [1.29, 1.82) is 0 Å². The maximum Gasteiger partial charge on any atom is 0.196 e. The first-order chi connectivity index (χ1) is 5.27. The number of nitrogens with zero attached hydrogens (tertiary/aromatic N) is 4. The summed E-state index contributed by atoms with van der Waals surface area (Å²) in [5.41, 5.74) is 2.43. The summed E-state index contributed by atoms with van der Waals surface area (Å²) >= 11 is 1.17. The molecule has 0 fully saturated rings. The Morgan fingerprint density at radius 1 is 1.09 bits per heavy atom. The molecule has 0 saturated carbocycles. The first-order valence-electron chi connectivity index (χ1n) is 3.21. The lowest BCUT2D eigenvalue weighted by Crippen LogP contribution is -1.91. The van der Waals surface area contributed by atoms with Gasteiger partial charge in [-0.15, -0.1) is 0 Å². The van der Waals surface area contributed by atoms with Crippen LogP contribution in [0.15, 0.2) is 0 Å². The lowest BCUT2D eigenvalue weighted by molar-refractivity contribution is 1.04. The largest absolute Gasteiger partial charge is 0.236 e. The molecule has 2 heterocycles. The highest BCUT2D eigenvalue weighted by molar-refractivity contribution is 7.00. The van der Waals surface area contributed by atoms with E-state index in [4.69, 9.17) is 0 Å². The molecular weight excluding hydrogens is 160 g/mol. The Balaban J connectivity index is 2.91. The molecule has 0 aliphatic heterocycles. The van der Waals surface area contributed by atoms with Crippen molar-refractivity contribution in [3.05, 3.63) is 11.5 Å². The lowest BCUT2D eigenvalue weighted by Gasteiger charge is -1.92. The van der Waals surface area contributed by atoms with Crippen molar-refractivity contribution < 1.29 is 0 Å². The number of hydrogen-bond acceptors (Lipinski definition) is 5. The quantitative estimate of drug-likeness (QED) is 0.588. The van der Waals surface area contributed by atoms with E-state index < -0.39 is 0 Å². The van der Waals surface area contributed by atoms with Gasteiger partial charge in [-0.05, 0) is 13.8 Å². The molecule has 0 spiro atoms. The normalized spacial score (nSPS) is 10.7. The van der Waals surface area contributed by atoms with E-state index in [1.165, 1.54) is 11.7 Å². The van der Waals surface area contributed by atoms with E-state index in [-0.39, 0.29) is 0 Å². The Kier molecular flexibility index (Phi) is 1.32. The van der Waals surface area contributed by atoms with Crippen molar-refractivity contribution in [2.75, 3.05) is 0 Å². The molecule has 11 heavy (non-hydrogen) atoms. The van der Waals surface area contributed by atoms with Crippen LogP contribution in [-0.4, -0.2) is 18.7 Å². The molecule has 0 radical (unpaired) electrons. The molecule has 0 bridgehead atoms. The summed E-state index contributed by atoms with van der Waals surface area (Å²) in [5, 5.41) is 0. The predicted octanol–water partition coefficient (Wildman–Crippen LogP) is 1.10. The highest BCUT2D eigenvalue weighted by Gasteiger charge is 2.04. The van der Waals surface area contributed by atoms with E-state index in [1.54, 1.807) is 0 Å². The molecule has 56 valence electrons. The minimum atomic E-state index is 0.708. The van der Waals surface area contributed by atoms with Crippen LogP contribution in [0.5, 0.6) is 0 Å². The zero-order valence-corrected chi connectivity index (χ0v) is 7.01. The molecule has 0 amide bonds. The maximum absolute atomic E-state index is 4.17. The van der Waals surface area contributed by atoms with Gasteiger partial charge in [-0.1, -0.05) is 0 Å². The molecule has 0 atom stereocenters. The third-order valence-corrected chi connectivity index (χ3v) is 1.93. The van der Waals surface area contributed by atoms with Gasteiger partial charge in [0, 0.05) is 0 Å². The van der Waals surface area contributed by atoms with Crippen LogP contribution in [-0.2, 0) is 0 Å². The molecule has 5 heteroatoms. The summed E-state index contributed by atoms with van der Waals surface area (Å²) in [4.78, 5) is 8.29. The average molecular weight is 166 g/mol. The third kappa shape index (κ3) is 0.970. The van der Waals surface area contributed by atoms with Crippen LogP contribution in [0, 0.1) is 13.8 Å². The predicted molar refractivity (Wildman–Crippen MR) is 42.5 cm³/mol. The Bertz CT molecular complexity index is 394. The number of aromatic nitrogens is 4. The van der Waals surface area contributed by atoms with Gasteiger partial charge in [0.2, 0.25) is 0 Å². The molecular formula is C6H6N4S. The second kappa shape index (κ2) is 2.20. The number of hydrogen-bond donors (Lipinski definition) is 0. The van der Waals surface area contributed by atoms with Crippen molar-refractivity contribution >= 4 is 22.9 Å². The number of rotatable bonds is 0. The number of aryl methyl sites for hydroxylation is 2. The van der Waals surface area contributed by atoms with Crippen molar-refractivity contribution in [3.63, 3.8) is 0 Å². The number of fused-ring (bicyclic) bond motifs is 1. The van der Waals surface area contributed by atoms with Crippen LogP contribution >= 0.6 is 11.7 Å². The third-order valence-electron chi connectivity index (χ3n) is 1.41. The summed E-state index contributed by atoms with van der Waals surface area (Å²) in [7, 11) is 0. The maximum atomic E-state index is 4.17. The molecule has 2 rings (SSSR count).